The predicted octanol–water partition coefficient (Wildman–Crippen LogP) is 2.41. The van der Waals surface area contributed by atoms with E-state index in [9.17, 15) is 4.79 Å². The van der Waals surface area contributed by atoms with E-state index in [1.807, 2.05) is 16.8 Å². The standard InChI is InChI=1S/C11H10N2O2S/c1-8-10(2-4-15-8)11(14)13-12-6-9-3-5-16-7-9/h2-7H,1H3,(H,13,14)/b12-6+. The van der Waals surface area contributed by atoms with Gasteiger partial charge >= 0.3 is 0 Å². The maximum atomic E-state index is 11.6. The lowest BCUT2D eigenvalue weighted by Crippen LogP contribution is -2.17. The van der Waals surface area contributed by atoms with Crippen LogP contribution in [-0.4, -0.2) is 12.1 Å². The second-order valence-corrected chi connectivity index (χ2v) is 3.93. The van der Waals surface area contributed by atoms with Crippen LogP contribution in [0.25, 0.3) is 0 Å². The molecule has 2 aromatic heterocycles. The van der Waals surface area contributed by atoms with Crippen molar-refractivity contribution < 1.29 is 9.21 Å². The van der Waals surface area contributed by atoms with Crippen LogP contribution in [0.3, 0.4) is 0 Å². The SMILES string of the molecule is Cc1occc1C(=O)N/N=C/c1ccsc1. The lowest BCUT2D eigenvalue weighted by Gasteiger charge is -1.96. The maximum Gasteiger partial charge on any atom is 0.274 e. The molecule has 82 valence electrons. The van der Waals surface area contributed by atoms with Crippen LogP contribution in [0, 0.1) is 6.92 Å². The van der Waals surface area contributed by atoms with Crippen LogP contribution in [0.4, 0.5) is 0 Å². The second kappa shape index (κ2) is 4.76. The van der Waals surface area contributed by atoms with E-state index in [1.165, 1.54) is 6.26 Å². The molecular formula is C11H10N2O2S. The molecule has 5 heteroatoms. The first kappa shape index (κ1) is 10.6. The van der Waals surface area contributed by atoms with Crippen LogP contribution < -0.4 is 5.43 Å². The molecule has 0 radical (unpaired) electrons. The van der Waals surface area contributed by atoms with Crippen LogP contribution in [0.5, 0.6) is 0 Å². The van der Waals surface area contributed by atoms with E-state index in [4.69, 9.17) is 4.42 Å². The summed E-state index contributed by atoms with van der Waals surface area (Å²) in [6, 6.07) is 3.54. The van der Waals surface area contributed by atoms with Gasteiger partial charge in [0.15, 0.2) is 0 Å². The largest absolute Gasteiger partial charge is 0.469 e. The summed E-state index contributed by atoms with van der Waals surface area (Å²) in [5.74, 6) is 0.320. The quantitative estimate of drug-likeness (QED) is 0.655. The smallest absolute Gasteiger partial charge is 0.274 e. The van der Waals surface area contributed by atoms with E-state index in [0.29, 0.717) is 11.3 Å². The zero-order valence-electron chi connectivity index (χ0n) is 8.64. The number of hydrogen-bond donors (Lipinski definition) is 1. The molecule has 0 saturated carbocycles. The van der Waals surface area contributed by atoms with Gasteiger partial charge in [-0.3, -0.25) is 4.79 Å². The third-order valence-electron chi connectivity index (χ3n) is 2.03. The Bertz CT molecular complexity index is 500. The van der Waals surface area contributed by atoms with Crippen molar-refractivity contribution in [2.45, 2.75) is 6.92 Å². The molecular weight excluding hydrogens is 224 g/mol. The van der Waals surface area contributed by atoms with Crippen molar-refractivity contribution in [3.05, 3.63) is 46.0 Å². The zero-order chi connectivity index (χ0) is 11.4. The van der Waals surface area contributed by atoms with E-state index >= 15 is 0 Å². The molecule has 0 spiro atoms. The lowest BCUT2D eigenvalue weighted by atomic mass is 10.2. The Labute approximate surface area is 96.6 Å². The molecule has 0 fully saturated rings. The summed E-state index contributed by atoms with van der Waals surface area (Å²) in [7, 11) is 0. The van der Waals surface area contributed by atoms with Crippen molar-refractivity contribution >= 4 is 23.5 Å². The molecule has 0 aliphatic heterocycles. The van der Waals surface area contributed by atoms with Gasteiger partial charge < -0.3 is 4.42 Å². The van der Waals surface area contributed by atoms with E-state index in [2.05, 4.69) is 10.5 Å². The Morgan fingerprint density at radius 2 is 2.44 bits per heavy atom. The molecule has 0 unspecified atom stereocenters. The third-order valence-corrected chi connectivity index (χ3v) is 2.73. The van der Waals surface area contributed by atoms with Gasteiger partial charge in [0.05, 0.1) is 18.0 Å². The van der Waals surface area contributed by atoms with Gasteiger partial charge in [-0.1, -0.05) is 0 Å². The summed E-state index contributed by atoms with van der Waals surface area (Å²) in [5, 5.41) is 7.74. The molecule has 16 heavy (non-hydrogen) atoms. The van der Waals surface area contributed by atoms with Crippen molar-refractivity contribution in [2.75, 3.05) is 0 Å². The van der Waals surface area contributed by atoms with E-state index in [1.54, 1.807) is 30.5 Å². The summed E-state index contributed by atoms with van der Waals surface area (Å²) in [4.78, 5) is 11.6. The maximum absolute atomic E-state index is 11.6. The molecule has 0 aliphatic rings. The fourth-order valence-electron chi connectivity index (χ4n) is 1.19. The summed E-state index contributed by atoms with van der Waals surface area (Å²) in [5.41, 5.74) is 3.91. The Kier molecular flexibility index (Phi) is 3.16. The van der Waals surface area contributed by atoms with Gasteiger partial charge in [0.2, 0.25) is 0 Å². The Morgan fingerprint density at radius 3 is 3.06 bits per heavy atom. The van der Waals surface area contributed by atoms with E-state index in [0.717, 1.165) is 5.56 Å². The number of carbonyl (C=O) groups is 1. The van der Waals surface area contributed by atoms with Gasteiger partial charge in [-0.25, -0.2) is 5.43 Å². The number of carbonyl (C=O) groups excluding carboxylic acids is 1. The second-order valence-electron chi connectivity index (χ2n) is 3.15. The number of aryl methyl sites for hydroxylation is 1. The molecule has 2 heterocycles. The molecule has 2 aromatic rings. The topological polar surface area (TPSA) is 54.6 Å². The zero-order valence-corrected chi connectivity index (χ0v) is 9.45. The van der Waals surface area contributed by atoms with Gasteiger partial charge in [-0.15, -0.1) is 0 Å². The average Bonchev–Trinajstić information content (AvgIpc) is 2.88. The first-order chi connectivity index (χ1) is 7.77. The fourth-order valence-corrected chi connectivity index (χ4v) is 1.81. The number of nitrogens with zero attached hydrogens (tertiary/aromatic N) is 1. The molecule has 1 N–H and O–H groups in total. The van der Waals surface area contributed by atoms with Gasteiger partial charge in [0.25, 0.3) is 5.91 Å². The van der Waals surface area contributed by atoms with Crippen molar-refractivity contribution in [3.63, 3.8) is 0 Å². The average molecular weight is 234 g/mol. The molecule has 2 rings (SSSR count). The molecule has 4 nitrogen and oxygen atoms in total. The van der Waals surface area contributed by atoms with Crippen molar-refractivity contribution in [2.24, 2.45) is 5.10 Å². The van der Waals surface area contributed by atoms with Crippen molar-refractivity contribution in [3.8, 4) is 0 Å². The minimum absolute atomic E-state index is 0.266. The summed E-state index contributed by atoms with van der Waals surface area (Å²) in [6.45, 7) is 1.73. The molecule has 0 aromatic carbocycles. The number of nitrogens with one attached hydrogen (secondary N) is 1. The number of furan rings is 1. The van der Waals surface area contributed by atoms with Crippen molar-refractivity contribution in [1.82, 2.24) is 5.43 Å². The number of rotatable bonds is 3. The molecule has 1 amide bonds. The Hall–Kier alpha value is -1.88. The number of thiophene rings is 1. The van der Waals surface area contributed by atoms with Crippen LogP contribution in [0.2, 0.25) is 0 Å². The number of hydrazone groups is 1. The lowest BCUT2D eigenvalue weighted by molar-refractivity contribution is 0.0953. The molecule has 0 aliphatic carbocycles. The highest BCUT2D eigenvalue weighted by Crippen LogP contribution is 2.08. The van der Waals surface area contributed by atoms with Crippen LogP contribution in [0.15, 0.2) is 38.7 Å². The normalized spacial score (nSPS) is 10.8. The highest BCUT2D eigenvalue weighted by atomic mass is 32.1. The summed E-state index contributed by atoms with van der Waals surface area (Å²) in [6.07, 6.45) is 3.08. The molecule has 0 bridgehead atoms. The summed E-state index contributed by atoms with van der Waals surface area (Å²) < 4.78 is 5.03. The van der Waals surface area contributed by atoms with E-state index in [-0.39, 0.29) is 5.91 Å². The third kappa shape index (κ3) is 2.38. The van der Waals surface area contributed by atoms with E-state index < -0.39 is 0 Å². The van der Waals surface area contributed by atoms with Gasteiger partial charge in [0, 0.05) is 5.56 Å². The van der Waals surface area contributed by atoms with Crippen LogP contribution in [-0.2, 0) is 0 Å². The minimum Gasteiger partial charge on any atom is -0.469 e. The molecule has 0 saturated heterocycles. The van der Waals surface area contributed by atoms with Gasteiger partial charge in [-0.2, -0.15) is 16.4 Å². The first-order valence-electron chi connectivity index (χ1n) is 4.67. The van der Waals surface area contributed by atoms with Crippen LogP contribution >= 0.6 is 11.3 Å². The van der Waals surface area contributed by atoms with Gasteiger partial charge in [-0.05, 0) is 29.8 Å². The molecule has 0 atom stereocenters. The highest BCUT2D eigenvalue weighted by molar-refractivity contribution is 7.08. The van der Waals surface area contributed by atoms with Crippen LogP contribution in [0.1, 0.15) is 21.7 Å². The number of amides is 1. The predicted molar refractivity (Wildman–Crippen MR) is 62.8 cm³/mol. The number of hydrogen-bond acceptors (Lipinski definition) is 4. The Morgan fingerprint density at radius 1 is 1.56 bits per heavy atom. The summed E-state index contributed by atoms with van der Waals surface area (Å²) >= 11 is 1.58. The van der Waals surface area contributed by atoms with Gasteiger partial charge in [0.1, 0.15) is 5.76 Å². The monoisotopic (exact) mass is 234 g/mol. The van der Waals surface area contributed by atoms with Crippen molar-refractivity contribution in [1.29, 1.82) is 0 Å². The minimum atomic E-state index is -0.266. The Balaban J connectivity index is 1.97. The first-order valence-corrected chi connectivity index (χ1v) is 5.61. The fraction of sp³-hybridized carbons (Fsp3) is 0.0909. The highest BCUT2D eigenvalue weighted by Gasteiger charge is 2.09.